The summed E-state index contributed by atoms with van der Waals surface area (Å²) in [5.41, 5.74) is 4.13. The van der Waals surface area contributed by atoms with Gasteiger partial charge in [-0.15, -0.1) is 10.2 Å². The van der Waals surface area contributed by atoms with Gasteiger partial charge in [0.15, 0.2) is 11.2 Å². The van der Waals surface area contributed by atoms with Gasteiger partial charge < -0.3 is 5.11 Å². The molecule has 8 nitrogen and oxygen atoms in total. The number of nitrogens with zero attached hydrogens (tertiary/aromatic N) is 5. The van der Waals surface area contributed by atoms with Gasteiger partial charge in [-0.1, -0.05) is 67.6 Å². The minimum atomic E-state index is -1.09. The highest BCUT2D eigenvalue weighted by molar-refractivity contribution is 5.84. The molecule has 0 fully saturated rings. The predicted octanol–water partition coefficient (Wildman–Crippen LogP) is 3.54. The standard InChI is InChI=1S/C25H21N5O3/c1-2-18-21(17-11-7-4-8-12-17)23-27-26-22-19(30(23)28-18)13-14-29(24(22)31)20(25(32)33)15-16-9-5-3-6-10-16/h3-14,20H,2,15H2,1H3,(H,32,33). The highest BCUT2D eigenvalue weighted by Gasteiger charge is 2.24. The molecule has 3 aromatic heterocycles. The molecule has 1 atom stereocenters. The Bertz CT molecular complexity index is 1520. The van der Waals surface area contributed by atoms with Crippen LogP contribution in [0.1, 0.15) is 24.2 Å². The Kier molecular flexibility index (Phi) is 5.18. The molecule has 164 valence electrons. The number of benzene rings is 2. The molecule has 0 saturated carbocycles. The van der Waals surface area contributed by atoms with Crippen LogP contribution < -0.4 is 5.56 Å². The number of carbonyl (C=O) groups is 1. The number of fused-ring (bicyclic) bond motifs is 3. The fourth-order valence-electron chi connectivity index (χ4n) is 4.14. The van der Waals surface area contributed by atoms with Gasteiger partial charge in [-0.3, -0.25) is 9.36 Å². The zero-order chi connectivity index (χ0) is 22.9. The molecule has 3 heterocycles. The summed E-state index contributed by atoms with van der Waals surface area (Å²) in [6.07, 6.45) is 2.37. The van der Waals surface area contributed by atoms with Crippen molar-refractivity contribution in [1.82, 2.24) is 24.4 Å². The highest BCUT2D eigenvalue weighted by Crippen LogP contribution is 2.28. The van der Waals surface area contributed by atoms with Crippen LogP contribution in [0.25, 0.3) is 27.8 Å². The van der Waals surface area contributed by atoms with Gasteiger partial charge in [0.2, 0.25) is 0 Å². The Morgan fingerprint density at radius 1 is 1.00 bits per heavy atom. The molecule has 5 aromatic rings. The highest BCUT2D eigenvalue weighted by atomic mass is 16.4. The van der Waals surface area contributed by atoms with Crippen LogP contribution in [0, 0.1) is 0 Å². The third-order valence-corrected chi connectivity index (χ3v) is 5.77. The Morgan fingerprint density at radius 2 is 1.70 bits per heavy atom. The number of carboxylic acid groups (broad SMARTS) is 1. The minimum Gasteiger partial charge on any atom is -0.480 e. The maximum absolute atomic E-state index is 13.3. The van der Waals surface area contributed by atoms with Crippen molar-refractivity contribution < 1.29 is 9.90 Å². The molecule has 1 unspecified atom stereocenters. The van der Waals surface area contributed by atoms with Gasteiger partial charge in [-0.2, -0.15) is 5.10 Å². The van der Waals surface area contributed by atoms with E-state index in [1.165, 1.54) is 10.8 Å². The number of aromatic nitrogens is 5. The van der Waals surface area contributed by atoms with Crippen LogP contribution >= 0.6 is 0 Å². The Hall–Kier alpha value is -4.33. The van der Waals surface area contributed by atoms with Gasteiger partial charge in [-0.25, -0.2) is 9.31 Å². The molecular weight excluding hydrogens is 418 g/mol. The number of carboxylic acids is 1. The van der Waals surface area contributed by atoms with E-state index < -0.39 is 17.6 Å². The number of hydrogen-bond acceptors (Lipinski definition) is 5. The molecule has 0 bridgehead atoms. The molecule has 0 aliphatic heterocycles. The third kappa shape index (κ3) is 3.55. The lowest BCUT2D eigenvalue weighted by molar-refractivity contribution is -0.141. The fraction of sp³-hybridized carbons (Fsp3) is 0.160. The zero-order valence-corrected chi connectivity index (χ0v) is 17.9. The van der Waals surface area contributed by atoms with Crippen LogP contribution in [0.2, 0.25) is 0 Å². The average molecular weight is 439 g/mol. The van der Waals surface area contributed by atoms with Crippen molar-refractivity contribution in [1.29, 1.82) is 0 Å². The molecule has 8 heteroatoms. The summed E-state index contributed by atoms with van der Waals surface area (Å²) in [6, 6.07) is 19.7. The maximum atomic E-state index is 13.3. The molecule has 0 spiro atoms. The second kappa shape index (κ2) is 8.31. The van der Waals surface area contributed by atoms with Crippen molar-refractivity contribution >= 4 is 22.6 Å². The molecule has 0 amide bonds. The van der Waals surface area contributed by atoms with Crippen LogP contribution in [0.5, 0.6) is 0 Å². The first-order valence-electron chi connectivity index (χ1n) is 10.7. The molecule has 0 aliphatic rings. The summed E-state index contributed by atoms with van der Waals surface area (Å²) in [5, 5.41) is 23.1. The van der Waals surface area contributed by atoms with Gasteiger partial charge >= 0.3 is 5.97 Å². The number of pyridine rings is 1. The SMILES string of the molecule is CCc1nn2c(nnc3c(=O)n(C(Cc4ccccc4)C(=O)O)ccc32)c1-c1ccccc1. The van der Waals surface area contributed by atoms with Crippen LogP contribution in [0.3, 0.4) is 0 Å². The first-order valence-corrected chi connectivity index (χ1v) is 10.7. The average Bonchev–Trinajstić information content (AvgIpc) is 3.23. The molecular formula is C25H21N5O3. The van der Waals surface area contributed by atoms with Crippen molar-refractivity contribution in [3.8, 4) is 11.1 Å². The van der Waals surface area contributed by atoms with Gasteiger partial charge in [0.1, 0.15) is 11.6 Å². The van der Waals surface area contributed by atoms with E-state index >= 15 is 0 Å². The van der Waals surface area contributed by atoms with Crippen LogP contribution in [-0.2, 0) is 17.6 Å². The molecule has 1 N–H and O–H groups in total. The van der Waals surface area contributed by atoms with E-state index in [4.69, 9.17) is 5.10 Å². The van der Waals surface area contributed by atoms with Gasteiger partial charge in [0.25, 0.3) is 5.56 Å². The summed E-state index contributed by atoms with van der Waals surface area (Å²) < 4.78 is 2.84. The Morgan fingerprint density at radius 3 is 2.36 bits per heavy atom. The topological polar surface area (TPSA) is 102 Å². The van der Waals surface area contributed by atoms with Crippen molar-refractivity contribution in [2.75, 3.05) is 0 Å². The smallest absolute Gasteiger partial charge is 0.327 e. The van der Waals surface area contributed by atoms with Crippen molar-refractivity contribution in [3.05, 3.63) is 94.5 Å². The number of aliphatic carboxylic acids is 1. The van der Waals surface area contributed by atoms with Gasteiger partial charge in [0, 0.05) is 12.6 Å². The normalized spacial score (nSPS) is 12.3. The summed E-state index contributed by atoms with van der Waals surface area (Å²) >= 11 is 0. The maximum Gasteiger partial charge on any atom is 0.327 e. The fourth-order valence-corrected chi connectivity index (χ4v) is 4.14. The lowest BCUT2D eigenvalue weighted by Gasteiger charge is -2.16. The Balaban J connectivity index is 1.68. The molecule has 5 rings (SSSR count). The quantitative estimate of drug-likeness (QED) is 0.434. The summed E-state index contributed by atoms with van der Waals surface area (Å²) in [6.45, 7) is 2.01. The number of rotatable bonds is 6. The first-order chi connectivity index (χ1) is 16.1. The monoisotopic (exact) mass is 439 g/mol. The van der Waals surface area contributed by atoms with Gasteiger partial charge in [-0.05, 0) is 23.6 Å². The van der Waals surface area contributed by atoms with Crippen LogP contribution in [-0.4, -0.2) is 35.5 Å². The summed E-state index contributed by atoms with van der Waals surface area (Å²) in [4.78, 5) is 25.3. The lowest BCUT2D eigenvalue weighted by Crippen LogP contribution is -2.31. The minimum absolute atomic E-state index is 0.0778. The molecule has 0 aliphatic carbocycles. The predicted molar refractivity (Wildman–Crippen MR) is 124 cm³/mol. The molecule has 33 heavy (non-hydrogen) atoms. The molecule has 0 radical (unpaired) electrons. The molecule has 0 saturated heterocycles. The van der Waals surface area contributed by atoms with E-state index in [-0.39, 0.29) is 11.9 Å². The summed E-state index contributed by atoms with van der Waals surface area (Å²) in [5.74, 6) is -1.09. The molecule has 2 aromatic carbocycles. The zero-order valence-electron chi connectivity index (χ0n) is 17.9. The van der Waals surface area contributed by atoms with Gasteiger partial charge in [0.05, 0.1) is 11.3 Å². The second-order valence-electron chi connectivity index (χ2n) is 7.78. The van der Waals surface area contributed by atoms with E-state index in [1.807, 2.05) is 67.6 Å². The van der Waals surface area contributed by atoms with Crippen molar-refractivity contribution in [2.45, 2.75) is 25.8 Å². The van der Waals surface area contributed by atoms with Crippen LogP contribution in [0.4, 0.5) is 0 Å². The van der Waals surface area contributed by atoms with E-state index in [0.29, 0.717) is 17.6 Å². The van der Waals surface area contributed by atoms with Crippen molar-refractivity contribution in [2.24, 2.45) is 0 Å². The second-order valence-corrected chi connectivity index (χ2v) is 7.78. The summed E-state index contributed by atoms with van der Waals surface area (Å²) in [7, 11) is 0. The van der Waals surface area contributed by atoms with E-state index in [2.05, 4.69) is 10.2 Å². The number of aryl methyl sites for hydroxylation is 1. The van der Waals surface area contributed by atoms with Crippen molar-refractivity contribution in [3.63, 3.8) is 0 Å². The first kappa shape index (κ1) is 20.6. The van der Waals surface area contributed by atoms with Crippen LogP contribution in [0.15, 0.2) is 77.7 Å². The van der Waals surface area contributed by atoms with E-state index in [9.17, 15) is 14.7 Å². The largest absolute Gasteiger partial charge is 0.480 e. The lowest BCUT2D eigenvalue weighted by atomic mass is 10.0. The van der Waals surface area contributed by atoms with E-state index in [1.54, 1.807) is 10.6 Å². The van der Waals surface area contributed by atoms with E-state index in [0.717, 1.165) is 22.4 Å². The Labute approximate surface area is 188 Å². The third-order valence-electron chi connectivity index (χ3n) is 5.77. The number of hydrogen-bond donors (Lipinski definition) is 1.